The molecule has 0 amide bonds. The Bertz CT molecular complexity index is 1150. The second kappa shape index (κ2) is 11.6. The van der Waals surface area contributed by atoms with Gasteiger partial charge in [-0.25, -0.2) is 9.67 Å². The molecular formula is C23H29IN8. The molecule has 4 rings (SSSR count). The number of aliphatic imine (C=N–C) groups is 1. The van der Waals surface area contributed by atoms with Gasteiger partial charge in [0, 0.05) is 25.5 Å². The van der Waals surface area contributed by atoms with Gasteiger partial charge in [0.2, 0.25) is 0 Å². The van der Waals surface area contributed by atoms with Crippen molar-refractivity contribution in [1.82, 2.24) is 35.0 Å². The minimum Gasteiger partial charge on any atom is -0.357 e. The lowest BCUT2D eigenvalue weighted by Gasteiger charge is -2.10. The van der Waals surface area contributed by atoms with Crippen LogP contribution in [0.2, 0.25) is 0 Å². The maximum absolute atomic E-state index is 4.67. The second-order valence-electron chi connectivity index (χ2n) is 7.29. The monoisotopic (exact) mass is 544 g/mol. The fraction of sp³-hybridized carbons (Fsp3) is 0.304. The van der Waals surface area contributed by atoms with E-state index in [2.05, 4.69) is 63.1 Å². The van der Waals surface area contributed by atoms with Crippen molar-refractivity contribution in [1.29, 1.82) is 0 Å². The van der Waals surface area contributed by atoms with Crippen LogP contribution in [0.3, 0.4) is 0 Å². The first kappa shape index (κ1) is 23.7. The molecule has 9 heteroatoms. The number of benzene rings is 1. The van der Waals surface area contributed by atoms with Gasteiger partial charge < -0.3 is 10.6 Å². The highest BCUT2D eigenvalue weighted by atomic mass is 127. The van der Waals surface area contributed by atoms with E-state index in [1.54, 1.807) is 0 Å². The number of rotatable bonds is 8. The molecular weight excluding hydrogens is 515 g/mol. The Kier molecular flexibility index (Phi) is 8.60. The molecule has 0 unspecified atom stereocenters. The van der Waals surface area contributed by atoms with E-state index in [1.165, 1.54) is 5.56 Å². The number of aryl methyl sites for hydroxylation is 2. The molecule has 0 aliphatic rings. The van der Waals surface area contributed by atoms with Crippen LogP contribution in [0.15, 0.2) is 65.9 Å². The average Bonchev–Trinajstić information content (AvgIpc) is 3.39. The lowest BCUT2D eigenvalue weighted by atomic mass is 10.1. The van der Waals surface area contributed by atoms with Gasteiger partial charge in [-0.3, -0.25) is 4.40 Å². The standard InChI is InChI=1S/C23H28N8.HI/c1-3-24-23(26-16-22-28-27-21-13-7-8-15-30(21)22)25-14-9-10-19-17-31(29-18(19)2)20-11-5-4-6-12-20;/h4-8,11-13,15,17H,3,9-10,14,16H2,1-2H3,(H2,24,25,26);1H. The molecule has 8 nitrogen and oxygen atoms in total. The summed E-state index contributed by atoms with van der Waals surface area (Å²) in [5.74, 6) is 1.60. The summed E-state index contributed by atoms with van der Waals surface area (Å²) < 4.78 is 3.91. The first-order chi connectivity index (χ1) is 15.2. The highest BCUT2D eigenvalue weighted by Gasteiger charge is 2.07. The molecule has 3 heterocycles. The third-order valence-electron chi connectivity index (χ3n) is 5.04. The van der Waals surface area contributed by atoms with Crippen LogP contribution in [0.1, 0.15) is 30.4 Å². The number of nitrogens with zero attached hydrogens (tertiary/aromatic N) is 6. The topological polar surface area (TPSA) is 84.4 Å². The molecule has 1 aromatic carbocycles. The van der Waals surface area contributed by atoms with E-state index < -0.39 is 0 Å². The van der Waals surface area contributed by atoms with Crippen molar-refractivity contribution in [2.75, 3.05) is 13.1 Å². The summed E-state index contributed by atoms with van der Waals surface area (Å²) in [5.41, 5.74) is 4.25. The summed E-state index contributed by atoms with van der Waals surface area (Å²) in [7, 11) is 0. The van der Waals surface area contributed by atoms with Gasteiger partial charge in [0.25, 0.3) is 0 Å². The number of fused-ring (bicyclic) bond motifs is 1. The van der Waals surface area contributed by atoms with Crippen LogP contribution in [0.4, 0.5) is 0 Å². The van der Waals surface area contributed by atoms with Crippen molar-refractivity contribution in [3.05, 3.63) is 78.0 Å². The molecule has 0 fully saturated rings. The number of halogens is 1. The predicted molar refractivity (Wildman–Crippen MR) is 138 cm³/mol. The summed E-state index contributed by atoms with van der Waals surface area (Å²) in [6.07, 6.45) is 6.03. The molecule has 0 radical (unpaired) electrons. The fourth-order valence-electron chi connectivity index (χ4n) is 3.43. The van der Waals surface area contributed by atoms with Gasteiger partial charge in [-0.1, -0.05) is 24.3 Å². The Morgan fingerprint density at radius 1 is 1.03 bits per heavy atom. The molecule has 0 bridgehead atoms. The van der Waals surface area contributed by atoms with Crippen LogP contribution in [0, 0.1) is 6.92 Å². The van der Waals surface area contributed by atoms with E-state index >= 15 is 0 Å². The third kappa shape index (κ3) is 5.84. The normalized spacial score (nSPS) is 11.4. The maximum atomic E-state index is 4.67. The highest BCUT2D eigenvalue weighted by Crippen LogP contribution is 2.13. The molecule has 0 saturated heterocycles. The van der Waals surface area contributed by atoms with Crippen LogP contribution < -0.4 is 10.6 Å². The number of nitrogens with one attached hydrogen (secondary N) is 2. The number of guanidine groups is 1. The zero-order valence-corrected chi connectivity index (χ0v) is 20.7. The summed E-state index contributed by atoms with van der Waals surface area (Å²) in [5, 5.41) is 19.8. The van der Waals surface area contributed by atoms with Crippen LogP contribution in [-0.4, -0.2) is 43.4 Å². The zero-order chi connectivity index (χ0) is 21.5. The number of para-hydroxylation sites is 1. The Hall–Kier alpha value is -2.95. The predicted octanol–water partition coefficient (Wildman–Crippen LogP) is 3.53. The van der Waals surface area contributed by atoms with E-state index in [0.717, 1.165) is 54.7 Å². The van der Waals surface area contributed by atoms with Gasteiger partial charge in [0.1, 0.15) is 6.54 Å². The van der Waals surface area contributed by atoms with Crippen LogP contribution in [0.5, 0.6) is 0 Å². The van der Waals surface area contributed by atoms with Gasteiger partial charge >= 0.3 is 0 Å². The molecule has 4 aromatic rings. The quantitative estimate of drug-likeness (QED) is 0.154. The molecule has 2 N–H and O–H groups in total. The first-order valence-corrected chi connectivity index (χ1v) is 10.7. The number of pyridine rings is 1. The summed E-state index contributed by atoms with van der Waals surface area (Å²) >= 11 is 0. The maximum Gasteiger partial charge on any atom is 0.191 e. The average molecular weight is 544 g/mol. The Labute approximate surface area is 205 Å². The number of hydrogen-bond acceptors (Lipinski definition) is 4. The molecule has 0 spiro atoms. The van der Waals surface area contributed by atoms with Crippen molar-refractivity contribution in [2.24, 2.45) is 4.99 Å². The van der Waals surface area contributed by atoms with E-state index in [9.17, 15) is 0 Å². The van der Waals surface area contributed by atoms with Crippen LogP contribution in [0.25, 0.3) is 11.3 Å². The number of hydrogen-bond donors (Lipinski definition) is 2. The van der Waals surface area contributed by atoms with Gasteiger partial charge in [-0.15, -0.1) is 34.2 Å². The largest absolute Gasteiger partial charge is 0.357 e. The molecule has 32 heavy (non-hydrogen) atoms. The van der Waals surface area contributed by atoms with Crippen LogP contribution >= 0.6 is 24.0 Å². The van der Waals surface area contributed by atoms with Gasteiger partial charge in [-0.2, -0.15) is 5.10 Å². The highest BCUT2D eigenvalue weighted by molar-refractivity contribution is 14.0. The van der Waals surface area contributed by atoms with Crippen molar-refractivity contribution in [3.63, 3.8) is 0 Å². The van der Waals surface area contributed by atoms with Crippen molar-refractivity contribution < 1.29 is 0 Å². The second-order valence-corrected chi connectivity index (χ2v) is 7.29. The minimum absolute atomic E-state index is 0. The van der Waals surface area contributed by atoms with Gasteiger partial charge in [-0.05, 0) is 56.5 Å². The summed E-state index contributed by atoms with van der Waals surface area (Å²) in [6, 6.07) is 16.1. The van der Waals surface area contributed by atoms with Gasteiger partial charge in [0.05, 0.1) is 11.4 Å². The molecule has 3 aromatic heterocycles. The smallest absolute Gasteiger partial charge is 0.191 e. The third-order valence-corrected chi connectivity index (χ3v) is 5.04. The summed E-state index contributed by atoms with van der Waals surface area (Å²) in [6.45, 7) is 6.21. The minimum atomic E-state index is 0. The van der Waals surface area contributed by atoms with E-state index in [-0.39, 0.29) is 24.0 Å². The lowest BCUT2D eigenvalue weighted by molar-refractivity contribution is 0.738. The zero-order valence-electron chi connectivity index (χ0n) is 18.4. The molecule has 0 aliphatic carbocycles. The van der Waals surface area contributed by atoms with Gasteiger partial charge in [0.15, 0.2) is 17.4 Å². The molecule has 0 aliphatic heterocycles. The Balaban J connectivity index is 0.00000289. The Morgan fingerprint density at radius 2 is 1.84 bits per heavy atom. The van der Waals surface area contributed by atoms with Crippen LogP contribution in [-0.2, 0) is 13.0 Å². The fourth-order valence-corrected chi connectivity index (χ4v) is 3.43. The molecule has 0 saturated carbocycles. The first-order valence-electron chi connectivity index (χ1n) is 10.7. The Morgan fingerprint density at radius 3 is 2.66 bits per heavy atom. The lowest BCUT2D eigenvalue weighted by Crippen LogP contribution is -2.37. The summed E-state index contributed by atoms with van der Waals surface area (Å²) in [4.78, 5) is 4.67. The number of aromatic nitrogens is 5. The van der Waals surface area contributed by atoms with Crippen molar-refractivity contribution in [2.45, 2.75) is 33.2 Å². The molecule has 168 valence electrons. The van der Waals surface area contributed by atoms with Crippen molar-refractivity contribution in [3.8, 4) is 5.69 Å². The SMILES string of the molecule is CCNC(=NCc1nnc2ccccn12)NCCCc1cn(-c2ccccc2)nc1C.I. The van der Waals surface area contributed by atoms with Crippen molar-refractivity contribution >= 4 is 35.6 Å². The van der Waals surface area contributed by atoms with E-state index in [1.807, 2.05) is 51.7 Å². The molecule has 0 atom stereocenters. The van der Waals surface area contributed by atoms with E-state index in [4.69, 9.17) is 0 Å². The van der Waals surface area contributed by atoms with E-state index in [0.29, 0.717) is 6.54 Å².